The molecule has 4 aromatic heterocycles. The number of benzene rings is 1. The first kappa shape index (κ1) is 26.4. The molecule has 5 aromatic rings. The van der Waals surface area contributed by atoms with Crippen molar-refractivity contribution in [3.05, 3.63) is 76.1 Å². The Morgan fingerprint density at radius 1 is 1.08 bits per heavy atom. The maximum absolute atomic E-state index is 13.4. The van der Waals surface area contributed by atoms with Crippen molar-refractivity contribution in [2.75, 3.05) is 5.32 Å². The Balaban J connectivity index is 0.000000786. The number of fused-ring (bicyclic) bond motifs is 2. The third-order valence-electron chi connectivity index (χ3n) is 5.64. The van der Waals surface area contributed by atoms with Crippen LogP contribution in [0.5, 0.6) is 0 Å². The zero-order chi connectivity index (χ0) is 27.6. The first-order chi connectivity index (χ1) is 18.1. The number of carboxylic acid groups (broad SMARTS) is 1. The number of carboxylic acids is 1. The van der Waals surface area contributed by atoms with Crippen molar-refractivity contribution in [3.63, 3.8) is 0 Å². The van der Waals surface area contributed by atoms with E-state index in [9.17, 15) is 9.59 Å². The van der Waals surface area contributed by atoms with E-state index in [0.717, 1.165) is 18.1 Å². The first-order valence-electron chi connectivity index (χ1n) is 11.8. The Labute approximate surface area is 221 Å². The van der Waals surface area contributed by atoms with E-state index in [4.69, 9.17) is 25.3 Å². The number of aromatic nitrogens is 4. The van der Waals surface area contributed by atoms with Crippen LogP contribution >= 0.6 is 11.3 Å². The molecule has 0 aliphatic rings. The van der Waals surface area contributed by atoms with Crippen LogP contribution in [0.2, 0.25) is 0 Å². The summed E-state index contributed by atoms with van der Waals surface area (Å²) in [5.41, 5.74) is 3.93. The van der Waals surface area contributed by atoms with Crippen LogP contribution in [0.4, 0.5) is 5.00 Å². The Bertz CT molecular complexity index is 1800. The predicted octanol–water partition coefficient (Wildman–Crippen LogP) is 4.30. The fourth-order valence-electron chi connectivity index (χ4n) is 4.04. The Kier molecular flexibility index (Phi) is 7.49. The molecule has 0 fully saturated rings. The number of thiazole rings is 1. The number of rotatable bonds is 4. The molecular weight excluding hydrogens is 504 g/mol. The number of hydrogen-bond acceptors (Lipinski definition) is 7. The van der Waals surface area contributed by atoms with Crippen molar-refractivity contribution in [1.82, 2.24) is 18.9 Å². The number of carbonyl (C=O) groups excluding carboxylic acids is 1. The highest BCUT2D eigenvalue weighted by Gasteiger charge is 2.20. The number of carbonyl (C=O) groups is 2. The molecule has 0 saturated heterocycles. The van der Waals surface area contributed by atoms with Gasteiger partial charge in [0, 0.05) is 32.2 Å². The second-order valence-electron chi connectivity index (χ2n) is 8.45. The molecule has 3 N–H and O–H groups in total. The number of amides is 1. The number of nitrogens with one attached hydrogen (secondary N) is 2. The van der Waals surface area contributed by atoms with Crippen LogP contribution < -0.4 is 16.4 Å². The fourth-order valence-corrected chi connectivity index (χ4v) is 5.09. The smallest absolute Gasteiger partial charge is 0.300 e. The van der Waals surface area contributed by atoms with Crippen LogP contribution in [-0.4, -0.2) is 35.9 Å². The molecule has 0 unspecified atom stereocenters. The van der Waals surface area contributed by atoms with Crippen molar-refractivity contribution in [2.45, 2.75) is 34.2 Å². The van der Waals surface area contributed by atoms with Crippen molar-refractivity contribution in [1.29, 1.82) is 5.41 Å². The number of anilines is 1. The SMILES string of the molecule is CC(=O)O.CCn1c(=N)c(-c2nc(-c3ccccc3)c(NC(C)=O)s2)cc2c(=O)n3cccc(C)c3nc21. The maximum atomic E-state index is 13.4. The average molecular weight is 531 g/mol. The van der Waals surface area contributed by atoms with E-state index in [1.807, 2.05) is 56.3 Å². The van der Waals surface area contributed by atoms with Crippen LogP contribution in [0, 0.1) is 12.3 Å². The molecule has 0 bridgehead atoms. The summed E-state index contributed by atoms with van der Waals surface area (Å²) in [4.78, 5) is 43.8. The Hall–Kier alpha value is -4.64. The monoisotopic (exact) mass is 530 g/mol. The van der Waals surface area contributed by atoms with Gasteiger partial charge in [-0.05, 0) is 31.5 Å². The van der Waals surface area contributed by atoms with Crippen LogP contribution in [-0.2, 0) is 16.1 Å². The largest absolute Gasteiger partial charge is 0.481 e. The molecule has 0 aliphatic heterocycles. The van der Waals surface area contributed by atoms with Crippen LogP contribution in [0.25, 0.3) is 38.5 Å². The van der Waals surface area contributed by atoms with Gasteiger partial charge in [-0.25, -0.2) is 9.97 Å². The highest BCUT2D eigenvalue weighted by atomic mass is 32.1. The van der Waals surface area contributed by atoms with Gasteiger partial charge in [0.15, 0.2) is 0 Å². The number of hydrogen-bond donors (Lipinski definition) is 3. The zero-order valence-electron chi connectivity index (χ0n) is 21.3. The van der Waals surface area contributed by atoms with Crippen LogP contribution in [0.3, 0.4) is 0 Å². The summed E-state index contributed by atoms with van der Waals surface area (Å²) in [7, 11) is 0. The second-order valence-corrected chi connectivity index (χ2v) is 9.45. The molecule has 0 spiro atoms. The summed E-state index contributed by atoms with van der Waals surface area (Å²) in [6.07, 6.45) is 1.70. The van der Waals surface area contributed by atoms with E-state index in [-0.39, 0.29) is 17.0 Å². The van der Waals surface area contributed by atoms with E-state index in [1.165, 1.54) is 22.7 Å². The summed E-state index contributed by atoms with van der Waals surface area (Å²) >= 11 is 1.28. The zero-order valence-corrected chi connectivity index (χ0v) is 22.1. The second kappa shape index (κ2) is 10.8. The van der Waals surface area contributed by atoms with Crippen molar-refractivity contribution >= 4 is 44.9 Å². The maximum Gasteiger partial charge on any atom is 0.300 e. The third kappa shape index (κ3) is 5.09. The average Bonchev–Trinajstić information content (AvgIpc) is 3.27. The fraction of sp³-hybridized carbons (Fsp3) is 0.185. The van der Waals surface area contributed by atoms with Crippen molar-refractivity contribution in [2.24, 2.45) is 0 Å². The number of aryl methyl sites for hydroxylation is 2. The summed E-state index contributed by atoms with van der Waals surface area (Å²) in [6, 6.07) is 15.0. The lowest BCUT2D eigenvalue weighted by atomic mass is 10.1. The van der Waals surface area contributed by atoms with Gasteiger partial charge in [-0.2, -0.15) is 0 Å². The Morgan fingerprint density at radius 3 is 2.39 bits per heavy atom. The van der Waals surface area contributed by atoms with E-state index in [1.54, 1.807) is 16.8 Å². The highest BCUT2D eigenvalue weighted by Crippen LogP contribution is 2.37. The van der Waals surface area contributed by atoms with Gasteiger partial charge in [0.25, 0.3) is 11.5 Å². The molecule has 10 nitrogen and oxygen atoms in total. The molecule has 38 heavy (non-hydrogen) atoms. The van der Waals surface area contributed by atoms with Gasteiger partial charge in [0.05, 0.1) is 10.9 Å². The van der Waals surface area contributed by atoms with Crippen molar-refractivity contribution < 1.29 is 14.7 Å². The van der Waals surface area contributed by atoms with E-state index >= 15 is 0 Å². The lowest BCUT2D eigenvalue weighted by Crippen LogP contribution is -2.26. The quantitative estimate of drug-likeness (QED) is 0.296. The molecular formula is C27H26N6O4S. The standard InChI is InChI=1S/C25H22N6O2S.C2H4O2/c1-4-30-20(26)17(13-18-22(30)29-21-14(2)9-8-12-31(21)25(18)33)23-28-19(16-10-6-5-7-11-16)24(34-23)27-15(3)32;1-2(3)4/h5-13,26H,4H2,1-3H3,(H,27,32);1H3,(H,3,4). The van der Waals surface area contributed by atoms with Gasteiger partial charge in [-0.3, -0.25) is 24.2 Å². The van der Waals surface area contributed by atoms with E-state index in [0.29, 0.717) is 44.5 Å². The third-order valence-corrected chi connectivity index (χ3v) is 6.65. The van der Waals surface area contributed by atoms with Gasteiger partial charge in [-0.15, -0.1) is 0 Å². The minimum Gasteiger partial charge on any atom is -0.481 e. The van der Waals surface area contributed by atoms with Gasteiger partial charge in [-0.1, -0.05) is 47.7 Å². The van der Waals surface area contributed by atoms with E-state index in [2.05, 4.69) is 5.32 Å². The summed E-state index contributed by atoms with van der Waals surface area (Å²) in [6.45, 7) is 6.82. The highest BCUT2D eigenvalue weighted by molar-refractivity contribution is 7.19. The molecule has 0 aliphatic carbocycles. The molecule has 1 amide bonds. The molecule has 0 atom stereocenters. The predicted molar refractivity (Wildman–Crippen MR) is 147 cm³/mol. The van der Waals surface area contributed by atoms with Gasteiger partial charge in [0.1, 0.15) is 32.5 Å². The molecule has 5 rings (SSSR count). The lowest BCUT2D eigenvalue weighted by molar-refractivity contribution is -0.134. The summed E-state index contributed by atoms with van der Waals surface area (Å²) in [5, 5.41) is 20.7. The van der Waals surface area contributed by atoms with E-state index < -0.39 is 5.97 Å². The van der Waals surface area contributed by atoms with Gasteiger partial charge >= 0.3 is 0 Å². The van der Waals surface area contributed by atoms with Gasteiger partial charge < -0.3 is 15.0 Å². The molecule has 1 aromatic carbocycles. The minimum absolute atomic E-state index is 0.200. The van der Waals surface area contributed by atoms with Gasteiger partial charge in [0.2, 0.25) is 5.91 Å². The Morgan fingerprint density at radius 2 is 1.76 bits per heavy atom. The van der Waals surface area contributed by atoms with Crippen molar-refractivity contribution in [3.8, 4) is 21.8 Å². The number of pyridine rings is 2. The molecule has 194 valence electrons. The molecule has 0 radical (unpaired) electrons. The lowest BCUT2D eigenvalue weighted by Gasteiger charge is -2.13. The normalized spacial score (nSPS) is 10.7. The van der Waals surface area contributed by atoms with Crippen LogP contribution in [0.1, 0.15) is 26.3 Å². The molecule has 4 heterocycles. The minimum atomic E-state index is -0.833. The topological polar surface area (TPSA) is 142 Å². The molecule has 0 saturated carbocycles. The number of nitrogens with zero attached hydrogens (tertiary/aromatic N) is 4. The van der Waals surface area contributed by atoms with Crippen LogP contribution in [0.15, 0.2) is 59.5 Å². The summed E-state index contributed by atoms with van der Waals surface area (Å²) in [5.74, 6) is -1.04. The molecule has 11 heteroatoms. The number of aliphatic carboxylic acids is 1. The summed E-state index contributed by atoms with van der Waals surface area (Å²) < 4.78 is 3.26. The first-order valence-corrected chi connectivity index (χ1v) is 12.6.